The molecule has 3 fully saturated rings. The molecule has 0 aromatic heterocycles. The summed E-state index contributed by atoms with van der Waals surface area (Å²) in [6.45, 7) is 4.48. The zero-order valence-corrected chi connectivity index (χ0v) is 7.42. The minimum Gasteiger partial charge on any atom is -0.376 e. The molecule has 11 heavy (non-hydrogen) atoms. The molecule has 0 aromatic rings. The van der Waals surface area contributed by atoms with Gasteiger partial charge in [0.2, 0.25) is 0 Å². The van der Waals surface area contributed by atoms with E-state index in [9.17, 15) is 0 Å². The van der Waals surface area contributed by atoms with Crippen molar-refractivity contribution < 1.29 is 4.74 Å². The fourth-order valence-corrected chi connectivity index (χ4v) is 2.28. The molecule has 2 heteroatoms. The summed E-state index contributed by atoms with van der Waals surface area (Å²) in [4.78, 5) is 2.46. The van der Waals surface area contributed by atoms with E-state index in [1.54, 1.807) is 0 Å². The predicted octanol–water partition coefficient (Wildman–Crippen LogP) is 1.12. The molecule has 3 rings (SSSR count). The molecule has 2 bridgehead atoms. The number of hydrogen-bond acceptors (Lipinski definition) is 2. The first-order valence-corrected chi connectivity index (χ1v) is 4.59. The second-order valence-electron chi connectivity index (χ2n) is 4.02. The number of fused-ring (bicyclic) bond motifs is 4. The highest BCUT2D eigenvalue weighted by atomic mass is 16.5. The summed E-state index contributed by atoms with van der Waals surface area (Å²) in [5.41, 5.74) is 0. The summed E-state index contributed by atoms with van der Waals surface area (Å²) >= 11 is 0. The van der Waals surface area contributed by atoms with E-state index in [0.29, 0.717) is 12.1 Å². The molecule has 64 valence electrons. The van der Waals surface area contributed by atoms with Gasteiger partial charge in [0, 0.05) is 12.6 Å². The lowest BCUT2D eigenvalue weighted by Gasteiger charge is -2.27. The van der Waals surface area contributed by atoms with Crippen LogP contribution in [0.2, 0.25) is 0 Å². The molecular formula is C9H17NO. The Balaban J connectivity index is 2.12. The van der Waals surface area contributed by atoms with Crippen molar-refractivity contribution in [2.24, 2.45) is 5.92 Å². The van der Waals surface area contributed by atoms with Crippen LogP contribution in [0.1, 0.15) is 19.8 Å². The molecule has 3 unspecified atom stereocenters. The van der Waals surface area contributed by atoms with Gasteiger partial charge < -0.3 is 9.64 Å². The largest absolute Gasteiger partial charge is 0.376 e. The van der Waals surface area contributed by atoms with E-state index in [4.69, 9.17) is 4.74 Å². The third-order valence-corrected chi connectivity index (χ3v) is 3.12. The predicted molar refractivity (Wildman–Crippen MR) is 44.6 cm³/mol. The van der Waals surface area contributed by atoms with Gasteiger partial charge >= 0.3 is 0 Å². The highest BCUT2D eigenvalue weighted by Gasteiger charge is 2.33. The van der Waals surface area contributed by atoms with Crippen molar-refractivity contribution in [1.29, 1.82) is 0 Å². The highest BCUT2D eigenvalue weighted by molar-refractivity contribution is 4.85. The van der Waals surface area contributed by atoms with Gasteiger partial charge in [-0.25, -0.2) is 0 Å². The van der Waals surface area contributed by atoms with Gasteiger partial charge in [0.25, 0.3) is 0 Å². The number of rotatable bonds is 0. The average Bonchev–Trinajstić information content (AvgIpc) is 2.22. The molecule has 3 aliphatic heterocycles. The number of hydrogen-bond donors (Lipinski definition) is 0. The summed E-state index contributed by atoms with van der Waals surface area (Å²) in [7, 11) is 2.22. The molecule has 0 saturated carbocycles. The Morgan fingerprint density at radius 2 is 2.18 bits per heavy atom. The topological polar surface area (TPSA) is 12.5 Å². The first kappa shape index (κ1) is 7.56. The Kier molecular flexibility index (Phi) is 1.90. The quantitative estimate of drug-likeness (QED) is 0.519. The minimum absolute atomic E-state index is 0.552. The molecule has 0 spiro atoms. The average molecular weight is 155 g/mol. The van der Waals surface area contributed by atoms with Gasteiger partial charge in [0.15, 0.2) is 0 Å². The van der Waals surface area contributed by atoms with Crippen molar-refractivity contribution >= 4 is 0 Å². The standard InChI is InChI=1S/C9H17NO/c1-7-5-10(2)8-3-4-9(7)11-6-8/h7-9H,3-6H2,1-2H3. The van der Waals surface area contributed by atoms with Crippen molar-refractivity contribution in [3.63, 3.8) is 0 Å². The van der Waals surface area contributed by atoms with E-state index in [1.807, 2.05) is 0 Å². The van der Waals surface area contributed by atoms with E-state index < -0.39 is 0 Å². The van der Waals surface area contributed by atoms with Gasteiger partial charge in [-0.15, -0.1) is 0 Å². The summed E-state index contributed by atoms with van der Waals surface area (Å²) in [6, 6.07) is 0.705. The van der Waals surface area contributed by atoms with Gasteiger partial charge in [0.1, 0.15) is 0 Å². The molecule has 0 aromatic carbocycles. The fraction of sp³-hybridized carbons (Fsp3) is 1.00. The zero-order valence-electron chi connectivity index (χ0n) is 7.42. The molecule has 3 saturated heterocycles. The summed E-state index contributed by atoms with van der Waals surface area (Å²) in [5.74, 6) is 0.729. The molecule has 0 radical (unpaired) electrons. The molecule has 2 nitrogen and oxygen atoms in total. The Hall–Kier alpha value is -0.0800. The summed E-state index contributed by atoms with van der Waals surface area (Å²) < 4.78 is 5.74. The van der Waals surface area contributed by atoms with Crippen molar-refractivity contribution in [2.45, 2.75) is 31.9 Å². The van der Waals surface area contributed by atoms with Crippen LogP contribution in [0, 0.1) is 5.92 Å². The van der Waals surface area contributed by atoms with Crippen LogP contribution in [0.3, 0.4) is 0 Å². The first-order valence-electron chi connectivity index (χ1n) is 4.59. The summed E-state index contributed by atoms with van der Waals surface area (Å²) in [6.07, 6.45) is 3.16. The summed E-state index contributed by atoms with van der Waals surface area (Å²) in [5, 5.41) is 0. The van der Waals surface area contributed by atoms with Crippen LogP contribution in [0.4, 0.5) is 0 Å². The van der Waals surface area contributed by atoms with Gasteiger partial charge in [-0.05, 0) is 25.8 Å². The van der Waals surface area contributed by atoms with Crippen molar-refractivity contribution in [3.05, 3.63) is 0 Å². The maximum absolute atomic E-state index is 5.74. The monoisotopic (exact) mass is 155 g/mol. The number of likely N-dealkylation sites (N-methyl/N-ethyl adjacent to an activating group) is 1. The van der Waals surface area contributed by atoms with Gasteiger partial charge in [-0.2, -0.15) is 0 Å². The van der Waals surface area contributed by atoms with Crippen molar-refractivity contribution in [2.75, 3.05) is 20.2 Å². The Morgan fingerprint density at radius 3 is 2.82 bits per heavy atom. The van der Waals surface area contributed by atoms with Crippen LogP contribution in [0.15, 0.2) is 0 Å². The molecular weight excluding hydrogens is 138 g/mol. The van der Waals surface area contributed by atoms with Gasteiger partial charge in [-0.1, -0.05) is 6.92 Å². The van der Waals surface area contributed by atoms with E-state index >= 15 is 0 Å². The molecule has 3 heterocycles. The van der Waals surface area contributed by atoms with Crippen LogP contribution in [0.25, 0.3) is 0 Å². The lowest BCUT2D eigenvalue weighted by atomic mass is 9.99. The van der Waals surface area contributed by atoms with Gasteiger partial charge in [0.05, 0.1) is 12.7 Å². The molecule has 0 aliphatic carbocycles. The lowest BCUT2D eigenvalue weighted by Crippen LogP contribution is -2.35. The van der Waals surface area contributed by atoms with Crippen molar-refractivity contribution in [3.8, 4) is 0 Å². The third-order valence-electron chi connectivity index (χ3n) is 3.12. The van der Waals surface area contributed by atoms with Crippen LogP contribution < -0.4 is 0 Å². The van der Waals surface area contributed by atoms with Crippen LogP contribution in [-0.2, 0) is 4.74 Å². The normalized spacial score (nSPS) is 45.8. The second-order valence-corrected chi connectivity index (χ2v) is 4.02. The number of ether oxygens (including phenoxy) is 1. The Labute approximate surface area is 68.5 Å². The fourth-order valence-electron chi connectivity index (χ4n) is 2.28. The highest BCUT2D eigenvalue weighted by Crippen LogP contribution is 2.27. The van der Waals surface area contributed by atoms with Gasteiger partial charge in [-0.3, -0.25) is 0 Å². The van der Waals surface area contributed by atoms with E-state index in [1.165, 1.54) is 19.4 Å². The third kappa shape index (κ3) is 1.30. The molecule has 3 aliphatic rings. The van der Waals surface area contributed by atoms with E-state index in [-0.39, 0.29) is 0 Å². The van der Waals surface area contributed by atoms with Crippen LogP contribution >= 0.6 is 0 Å². The maximum atomic E-state index is 5.74. The van der Waals surface area contributed by atoms with Crippen molar-refractivity contribution in [1.82, 2.24) is 4.90 Å². The Bertz CT molecular complexity index is 124. The lowest BCUT2D eigenvalue weighted by molar-refractivity contribution is -0.0138. The zero-order chi connectivity index (χ0) is 7.84. The maximum Gasteiger partial charge on any atom is 0.0625 e. The molecule has 0 N–H and O–H groups in total. The molecule has 3 atom stereocenters. The minimum atomic E-state index is 0.552. The molecule has 0 amide bonds. The second kappa shape index (κ2) is 2.76. The SMILES string of the molecule is CC1CN(C)C2CCC1OC2. The number of nitrogens with zero attached hydrogens (tertiary/aromatic N) is 1. The van der Waals surface area contributed by atoms with Crippen LogP contribution in [0.5, 0.6) is 0 Å². The smallest absolute Gasteiger partial charge is 0.0625 e. The Morgan fingerprint density at radius 1 is 1.36 bits per heavy atom. The van der Waals surface area contributed by atoms with E-state index in [0.717, 1.165) is 12.5 Å². The van der Waals surface area contributed by atoms with E-state index in [2.05, 4.69) is 18.9 Å². The first-order chi connectivity index (χ1) is 5.27. The van der Waals surface area contributed by atoms with Crippen LogP contribution in [-0.4, -0.2) is 37.2 Å².